The molecule has 0 aliphatic heterocycles. The van der Waals surface area contributed by atoms with Gasteiger partial charge in [-0.1, -0.05) is 26.0 Å². The molecule has 0 radical (unpaired) electrons. The summed E-state index contributed by atoms with van der Waals surface area (Å²) in [4.78, 5) is 11.7. The van der Waals surface area contributed by atoms with Crippen LogP contribution in [0.25, 0.3) is 0 Å². The lowest BCUT2D eigenvalue weighted by atomic mass is 10.2. The molecule has 114 valence electrons. The van der Waals surface area contributed by atoms with Crippen molar-refractivity contribution < 1.29 is 13.2 Å². The van der Waals surface area contributed by atoms with Crippen LogP contribution in [0.5, 0.6) is 0 Å². The number of nitrogens with one attached hydrogen (secondary N) is 1. The largest absolute Gasteiger partial charge is 0.397 e. The molecule has 0 unspecified atom stereocenters. The van der Waals surface area contributed by atoms with E-state index in [-0.39, 0.29) is 42.2 Å². The Balaban J connectivity index is 0.00000361. The van der Waals surface area contributed by atoms with E-state index in [0.29, 0.717) is 11.4 Å². The van der Waals surface area contributed by atoms with Crippen molar-refractivity contribution >= 4 is 39.5 Å². The summed E-state index contributed by atoms with van der Waals surface area (Å²) in [5.74, 6) is -0.305. The summed E-state index contributed by atoms with van der Waals surface area (Å²) in [6, 6.07) is 6.86. The van der Waals surface area contributed by atoms with Gasteiger partial charge in [0.25, 0.3) is 0 Å². The zero-order chi connectivity index (χ0) is 14.5. The Morgan fingerprint density at radius 2 is 1.90 bits per heavy atom. The fourth-order valence-corrected chi connectivity index (χ4v) is 3.34. The van der Waals surface area contributed by atoms with E-state index in [1.807, 2.05) is 13.8 Å². The molecule has 0 fully saturated rings. The molecule has 1 rings (SSSR count). The number of amides is 1. The highest BCUT2D eigenvalue weighted by molar-refractivity contribution is 7.91. The number of nitrogen functional groups attached to an aromatic ring is 1. The minimum atomic E-state index is -3.17. The van der Waals surface area contributed by atoms with Crippen molar-refractivity contribution in [1.82, 2.24) is 0 Å². The molecule has 0 aliphatic rings. The van der Waals surface area contributed by atoms with Crippen LogP contribution in [0.2, 0.25) is 0 Å². The Labute approximate surface area is 126 Å². The Bertz CT molecular complexity index is 544. The molecule has 0 heterocycles. The van der Waals surface area contributed by atoms with Crippen LogP contribution in [0.15, 0.2) is 24.3 Å². The van der Waals surface area contributed by atoms with E-state index in [9.17, 15) is 13.2 Å². The summed E-state index contributed by atoms with van der Waals surface area (Å²) in [5.41, 5.74) is 6.65. The first-order chi connectivity index (χ1) is 8.80. The van der Waals surface area contributed by atoms with Gasteiger partial charge in [0.2, 0.25) is 5.91 Å². The van der Waals surface area contributed by atoms with Crippen molar-refractivity contribution in [1.29, 1.82) is 0 Å². The third-order valence-electron chi connectivity index (χ3n) is 2.46. The Morgan fingerprint density at radius 3 is 2.45 bits per heavy atom. The van der Waals surface area contributed by atoms with Crippen molar-refractivity contribution in [2.24, 2.45) is 5.92 Å². The lowest BCUT2D eigenvalue weighted by Crippen LogP contribution is -2.21. The molecule has 0 bridgehead atoms. The average Bonchev–Trinajstić information content (AvgIpc) is 2.28. The molecule has 5 nitrogen and oxygen atoms in total. The van der Waals surface area contributed by atoms with Gasteiger partial charge in [-0.05, 0) is 18.1 Å². The smallest absolute Gasteiger partial charge is 0.225 e. The maximum Gasteiger partial charge on any atom is 0.225 e. The highest BCUT2D eigenvalue weighted by atomic mass is 35.5. The van der Waals surface area contributed by atoms with E-state index >= 15 is 0 Å². The standard InChI is InChI=1S/C13H20N2O3S.ClH/c1-10(2)9-19(17,18)8-7-13(16)15-12-6-4-3-5-11(12)14;/h3-6,10H,7-9,14H2,1-2H3,(H,15,16);1H. The molecule has 0 aromatic heterocycles. The molecule has 20 heavy (non-hydrogen) atoms. The van der Waals surface area contributed by atoms with Crippen molar-refractivity contribution in [2.75, 3.05) is 22.6 Å². The molecule has 3 N–H and O–H groups in total. The summed E-state index contributed by atoms with van der Waals surface area (Å²) >= 11 is 0. The summed E-state index contributed by atoms with van der Waals surface area (Å²) in [5, 5.41) is 2.61. The number of anilines is 2. The van der Waals surface area contributed by atoms with Gasteiger partial charge in [0.15, 0.2) is 9.84 Å². The van der Waals surface area contributed by atoms with E-state index in [1.54, 1.807) is 24.3 Å². The summed E-state index contributed by atoms with van der Waals surface area (Å²) in [6.45, 7) is 3.67. The molecule has 1 aromatic rings. The van der Waals surface area contributed by atoms with Crippen molar-refractivity contribution in [3.8, 4) is 0 Å². The summed E-state index contributed by atoms with van der Waals surface area (Å²) < 4.78 is 23.3. The van der Waals surface area contributed by atoms with Gasteiger partial charge < -0.3 is 11.1 Å². The number of benzene rings is 1. The van der Waals surface area contributed by atoms with Crippen LogP contribution in [-0.2, 0) is 14.6 Å². The van der Waals surface area contributed by atoms with Crippen LogP contribution >= 0.6 is 12.4 Å². The molecule has 0 saturated heterocycles. The fraction of sp³-hybridized carbons (Fsp3) is 0.462. The maximum absolute atomic E-state index is 11.7. The highest BCUT2D eigenvalue weighted by Gasteiger charge is 2.15. The van der Waals surface area contributed by atoms with Crippen LogP contribution in [0.3, 0.4) is 0 Å². The minimum Gasteiger partial charge on any atom is -0.397 e. The number of halogens is 1. The van der Waals surface area contributed by atoms with Crippen molar-refractivity contribution in [2.45, 2.75) is 20.3 Å². The third kappa shape index (κ3) is 6.77. The minimum absolute atomic E-state index is 0. The predicted octanol–water partition coefficient (Wildman–Crippen LogP) is 2.09. The van der Waals surface area contributed by atoms with Gasteiger partial charge in [-0.3, -0.25) is 4.79 Å². The monoisotopic (exact) mass is 320 g/mol. The van der Waals surface area contributed by atoms with E-state index < -0.39 is 9.84 Å². The van der Waals surface area contributed by atoms with Gasteiger partial charge in [0.05, 0.1) is 22.9 Å². The average molecular weight is 321 g/mol. The number of sulfone groups is 1. The van der Waals surface area contributed by atoms with Gasteiger partial charge in [-0.2, -0.15) is 0 Å². The molecule has 7 heteroatoms. The second-order valence-electron chi connectivity index (χ2n) is 4.89. The van der Waals surface area contributed by atoms with Gasteiger partial charge in [0.1, 0.15) is 0 Å². The van der Waals surface area contributed by atoms with Crippen LogP contribution in [-0.4, -0.2) is 25.8 Å². The molecule has 1 amide bonds. The topological polar surface area (TPSA) is 89.3 Å². The normalized spacial score (nSPS) is 10.9. The molecular weight excluding hydrogens is 300 g/mol. The zero-order valence-electron chi connectivity index (χ0n) is 11.6. The van der Waals surface area contributed by atoms with E-state index in [0.717, 1.165) is 0 Å². The van der Waals surface area contributed by atoms with Gasteiger partial charge >= 0.3 is 0 Å². The molecule has 0 aliphatic carbocycles. The first-order valence-electron chi connectivity index (χ1n) is 6.15. The number of hydrogen-bond acceptors (Lipinski definition) is 4. The van der Waals surface area contributed by atoms with Crippen LogP contribution in [0.1, 0.15) is 20.3 Å². The van der Waals surface area contributed by atoms with Gasteiger partial charge in [0, 0.05) is 6.42 Å². The Morgan fingerprint density at radius 1 is 1.30 bits per heavy atom. The maximum atomic E-state index is 11.7. The summed E-state index contributed by atoms with van der Waals surface area (Å²) in [7, 11) is -3.17. The quantitative estimate of drug-likeness (QED) is 0.785. The summed E-state index contributed by atoms with van der Waals surface area (Å²) in [6.07, 6.45) is -0.0522. The predicted molar refractivity (Wildman–Crippen MR) is 84.8 cm³/mol. The van der Waals surface area contributed by atoms with Gasteiger partial charge in [-0.25, -0.2) is 8.42 Å². The van der Waals surface area contributed by atoms with E-state index in [4.69, 9.17) is 5.73 Å². The van der Waals surface area contributed by atoms with Crippen LogP contribution in [0, 0.1) is 5.92 Å². The number of carbonyl (C=O) groups excluding carboxylic acids is 1. The number of rotatable bonds is 6. The molecular formula is C13H21ClN2O3S. The lowest BCUT2D eigenvalue weighted by molar-refractivity contribution is -0.115. The van der Waals surface area contributed by atoms with Gasteiger partial charge in [-0.15, -0.1) is 12.4 Å². The Hall–Kier alpha value is -1.27. The third-order valence-corrected chi connectivity index (χ3v) is 4.46. The Kier molecular flexibility index (Phi) is 7.60. The number of hydrogen-bond donors (Lipinski definition) is 2. The number of nitrogens with two attached hydrogens (primary N) is 1. The van der Waals surface area contributed by atoms with E-state index in [1.165, 1.54) is 0 Å². The van der Waals surface area contributed by atoms with Crippen molar-refractivity contribution in [3.05, 3.63) is 24.3 Å². The van der Waals surface area contributed by atoms with E-state index in [2.05, 4.69) is 5.32 Å². The number of para-hydroxylation sites is 2. The molecule has 0 spiro atoms. The zero-order valence-corrected chi connectivity index (χ0v) is 13.3. The number of carbonyl (C=O) groups is 1. The lowest BCUT2D eigenvalue weighted by Gasteiger charge is -2.09. The van der Waals surface area contributed by atoms with Crippen LogP contribution < -0.4 is 11.1 Å². The van der Waals surface area contributed by atoms with Crippen molar-refractivity contribution in [3.63, 3.8) is 0 Å². The first kappa shape index (κ1) is 18.7. The second-order valence-corrected chi connectivity index (χ2v) is 7.12. The highest BCUT2D eigenvalue weighted by Crippen LogP contribution is 2.16. The molecule has 1 aromatic carbocycles. The second kappa shape index (κ2) is 8.11. The molecule has 0 atom stereocenters. The molecule has 0 saturated carbocycles. The SMILES string of the molecule is CC(C)CS(=O)(=O)CCC(=O)Nc1ccccc1N.Cl. The first-order valence-corrected chi connectivity index (χ1v) is 7.97. The van der Waals surface area contributed by atoms with Crippen LogP contribution in [0.4, 0.5) is 11.4 Å². The fourth-order valence-electron chi connectivity index (χ4n) is 1.66.